The van der Waals surface area contributed by atoms with Crippen molar-refractivity contribution in [3.8, 4) is 23.0 Å². The van der Waals surface area contributed by atoms with Gasteiger partial charge < -0.3 is 19.5 Å². The zero-order chi connectivity index (χ0) is 44.1. The quantitative estimate of drug-likeness (QED) is 0.102. The number of methoxy groups -OCH3 is 2. The summed E-state index contributed by atoms with van der Waals surface area (Å²) in [5, 5.41) is 2.18. The van der Waals surface area contributed by atoms with Crippen LogP contribution in [0.1, 0.15) is 53.5 Å². The van der Waals surface area contributed by atoms with Crippen molar-refractivity contribution in [3.63, 3.8) is 0 Å². The van der Waals surface area contributed by atoms with Gasteiger partial charge in [-0.2, -0.15) is 4.31 Å². The first-order valence-electron chi connectivity index (χ1n) is 18.7. The van der Waals surface area contributed by atoms with Crippen molar-refractivity contribution in [2.75, 3.05) is 28.6 Å². The summed E-state index contributed by atoms with van der Waals surface area (Å²) in [6.07, 6.45) is 0.987. The largest absolute Gasteiger partial charge is 0.495 e. The highest BCUT2D eigenvalue weighted by molar-refractivity contribution is 7.94. The zero-order valence-electron chi connectivity index (χ0n) is 33.6. The number of benzene rings is 6. The monoisotopic (exact) mass is 901 g/mol. The number of carbonyl (C=O) groups is 2. The van der Waals surface area contributed by atoms with Gasteiger partial charge in [-0.25, -0.2) is 16.8 Å². The Balaban J connectivity index is 1.30. The number of anilines is 3. The van der Waals surface area contributed by atoms with Crippen LogP contribution < -0.4 is 28.6 Å². The number of amides is 2. The van der Waals surface area contributed by atoms with Crippen molar-refractivity contribution in [1.29, 1.82) is 0 Å². The normalized spacial score (nSPS) is 11.7. The number of hydrogen-bond acceptors (Lipinski definition) is 9. The third-order valence-corrected chi connectivity index (χ3v) is 13.9. The van der Waals surface area contributed by atoms with Crippen LogP contribution in [0.3, 0.4) is 0 Å². The van der Waals surface area contributed by atoms with Gasteiger partial charge in [0.05, 0.1) is 30.0 Å². The lowest BCUT2D eigenvalue weighted by Gasteiger charge is -2.25. The summed E-state index contributed by atoms with van der Waals surface area (Å²) in [6.45, 7) is 6.50. The number of para-hydroxylation sites is 4. The van der Waals surface area contributed by atoms with Gasteiger partial charge in [0.1, 0.15) is 38.5 Å². The number of ether oxygens (including phenoxy) is 3. The van der Waals surface area contributed by atoms with Crippen LogP contribution in [0.2, 0.25) is 10.0 Å². The Kier molecular flexibility index (Phi) is 13.3. The van der Waals surface area contributed by atoms with Crippen LogP contribution in [0.4, 0.5) is 17.1 Å². The lowest BCUT2D eigenvalue weighted by atomic mass is 9.82. The second-order valence-corrected chi connectivity index (χ2v) is 18.4. The number of halogens is 2. The summed E-state index contributed by atoms with van der Waals surface area (Å²) >= 11 is 12.9. The molecule has 0 unspecified atom stereocenters. The van der Waals surface area contributed by atoms with E-state index in [2.05, 4.69) is 30.8 Å². The van der Waals surface area contributed by atoms with Gasteiger partial charge in [0.2, 0.25) is 0 Å². The second kappa shape index (κ2) is 18.3. The SMILES string of the molecule is CCC(C)(C)c1ccc(Oc2ccc(NC(=O)c3ccc(Cl)c(S(=O)(=O)N(C(=O)c4ccc(Cl)c(S(=O)(=O)Nc5ccccc5OC)c4)c4ccccc4OC)c3)cc2)cc1. The molecule has 61 heavy (non-hydrogen) atoms. The van der Waals surface area contributed by atoms with Gasteiger partial charge in [-0.15, -0.1) is 0 Å². The van der Waals surface area contributed by atoms with Crippen molar-refractivity contribution >= 4 is 72.1 Å². The molecule has 6 aromatic rings. The van der Waals surface area contributed by atoms with E-state index in [0.717, 1.165) is 24.6 Å². The molecule has 2 N–H and O–H groups in total. The van der Waals surface area contributed by atoms with E-state index in [-0.39, 0.29) is 49.5 Å². The maximum atomic E-state index is 14.7. The molecule has 2 amide bonds. The Morgan fingerprint density at radius 2 is 1.21 bits per heavy atom. The third kappa shape index (κ3) is 9.79. The molecule has 0 radical (unpaired) electrons. The van der Waals surface area contributed by atoms with Crippen molar-refractivity contribution in [3.05, 3.63) is 160 Å². The molecule has 6 rings (SSSR count). The third-order valence-electron chi connectivity index (χ3n) is 9.89. The van der Waals surface area contributed by atoms with Gasteiger partial charge in [-0.05, 0) is 114 Å². The molecule has 12 nitrogen and oxygen atoms in total. The van der Waals surface area contributed by atoms with E-state index in [1.54, 1.807) is 48.5 Å². The molecule has 0 atom stereocenters. The predicted octanol–water partition coefficient (Wildman–Crippen LogP) is 10.6. The van der Waals surface area contributed by atoms with Crippen LogP contribution in [-0.2, 0) is 25.5 Å². The Labute approximate surface area is 365 Å². The Morgan fingerprint density at radius 3 is 1.84 bits per heavy atom. The van der Waals surface area contributed by atoms with Crippen LogP contribution in [0, 0.1) is 0 Å². The molecule has 0 fully saturated rings. The van der Waals surface area contributed by atoms with E-state index in [1.165, 1.54) is 62.2 Å². The second-order valence-electron chi connectivity index (χ2n) is 14.2. The van der Waals surface area contributed by atoms with Crippen LogP contribution >= 0.6 is 23.2 Å². The maximum Gasteiger partial charge on any atom is 0.272 e. The summed E-state index contributed by atoms with van der Waals surface area (Å²) in [5.74, 6) is -0.503. The molecule has 0 spiro atoms. The molecule has 0 heterocycles. The molecule has 316 valence electrons. The molecule has 0 aliphatic heterocycles. The summed E-state index contributed by atoms with van der Waals surface area (Å²) in [4.78, 5) is 27.0. The van der Waals surface area contributed by atoms with E-state index < -0.39 is 41.7 Å². The number of carbonyl (C=O) groups excluding carboxylic acids is 2. The summed E-state index contributed by atoms with van der Waals surface area (Å²) in [6, 6.07) is 33.4. The zero-order valence-corrected chi connectivity index (χ0v) is 36.7. The van der Waals surface area contributed by atoms with Crippen molar-refractivity contribution < 1.29 is 40.6 Å². The average molecular weight is 903 g/mol. The molecular weight excluding hydrogens is 862 g/mol. The summed E-state index contributed by atoms with van der Waals surface area (Å²) in [7, 11) is -6.82. The van der Waals surface area contributed by atoms with Gasteiger partial charge >= 0.3 is 0 Å². The molecule has 0 aromatic heterocycles. The molecule has 16 heteroatoms. The highest BCUT2D eigenvalue weighted by Crippen LogP contribution is 2.38. The smallest absolute Gasteiger partial charge is 0.272 e. The predicted molar refractivity (Wildman–Crippen MR) is 238 cm³/mol. The fourth-order valence-corrected chi connectivity index (χ4v) is 9.63. The highest BCUT2D eigenvalue weighted by Gasteiger charge is 2.37. The molecular formula is C45H41Cl2N3O9S2. The van der Waals surface area contributed by atoms with E-state index in [4.69, 9.17) is 37.4 Å². The first kappa shape index (κ1) is 44.5. The van der Waals surface area contributed by atoms with Crippen molar-refractivity contribution in [2.45, 2.75) is 42.4 Å². The minimum atomic E-state index is -5.00. The molecule has 0 aliphatic rings. The van der Waals surface area contributed by atoms with Crippen LogP contribution in [-0.4, -0.2) is 42.9 Å². The first-order valence-corrected chi connectivity index (χ1v) is 22.3. The van der Waals surface area contributed by atoms with Crippen molar-refractivity contribution in [2.24, 2.45) is 0 Å². The van der Waals surface area contributed by atoms with Gasteiger partial charge in [-0.1, -0.05) is 80.4 Å². The Hall–Kier alpha value is -6.06. The number of nitrogens with one attached hydrogen (secondary N) is 2. The minimum absolute atomic E-state index is 0.0195. The standard InChI is InChI=1S/C45H41Cl2N3O9S2/c1-6-45(2,3)31-17-21-33(22-18-31)59-34-23-19-32(20-24-34)48-43(51)29-15-25-36(47)42(27-29)61(55,56)50(38-12-8-10-14-40(38)58-5)44(52)30-16-26-35(46)41(28-30)60(53,54)49-37-11-7-9-13-39(37)57-4/h7-28,49H,6H2,1-5H3,(H,48,51). The Bertz CT molecular complexity index is 2820. The molecule has 0 saturated carbocycles. The first-order chi connectivity index (χ1) is 29.0. The fourth-order valence-electron chi connectivity index (χ4n) is 6.10. The maximum absolute atomic E-state index is 14.7. The van der Waals surface area contributed by atoms with E-state index in [1.807, 2.05) is 24.3 Å². The van der Waals surface area contributed by atoms with Gasteiger partial charge in [-0.3, -0.25) is 14.3 Å². The van der Waals surface area contributed by atoms with Crippen molar-refractivity contribution in [1.82, 2.24) is 0 Å². The average Bonchev–Trinajstić information content (AvgIpc) is 3.25. The van der Waals surface area contributed by atoms with Gasteiger partial charge in [0.15, 0.2) is 0 Å². The highest BCUT2D eigenvalue weighted by atomic mass is 35.5. The van der Waals surface area contributed by atoms with Crippen LogP contribution in [0.25, 0.3) is 0 Å². The van der Waals surface area contributed by atoms with Crippen LogP contribution in [0.15, 0.2) is 143 Å². The Morgan fingerprint density at radius 1 is 0.672 bits per heavy atom. The lowest BCUT2D eigenvalue weighted by Crippen LogP contribution is -2.37. The number of sulfonamides is 2. The number of nitrogens with zero attached hydrogens (tertiary/aromatic N) is 1. The lowest BCUT2D eigenvalue weighted by molar-refractivity contribution is 0.100. The van der Waals surface area contributed by atoms with E-state index >= 15 is 0 Å². The fraction of sp³-hybridized carbons (Fsp3) is 0.156. The van der Waals surface area contributed by atoms with Gasteiger partial charge in [0, 0.05) is 16.8 Å². The minimum Gasteiger partial charge on any atom is -0.495 e. The van der Waals surface area contributed by atoms with Gasteiger partial charge in [0.25, 0.3) is 31.9 Å². The molecule has 0 bridgehead atoms. The van der Waals surface area contributed by atoms with E-state index in [9.17, 15) is 26.4 Å². The van der Waals surface area contributed by atoms with E-state index in [0.29, 0.717) is 21.5 Å². The topological polar surface area (TPSA) is 157 Å². The van der Waals surface area contributed by atoms with Crippen LogP contribution in [0.5, 0.6) is 23.0 Å². The molecule has 0 saturated heterocycles. The summed E-state index contributed by atoms with van der Waals surface area (Å²) < 4.78 is 76.4. The molecule has 6 aromatic carbocycles. The number of hydrogen-bond donors (Lipinski definition) is 2. The number of rotatable bonds is 15. The molecule has 0 aliphatic carbocycles. The summed E-state index contributed by atoms with van der Waals surface area (Å²) in [5.41, 5.74) is 0.995.